The predicted octanol–water partition coefficient (Wildman–Crippen LogP) is 3.37. The number of amides is 1. The Morgan fingerprint density at radius 2 is 1.95 bits per heavy atom. The van der Waals surface area contributed by atoms with Gasteiger partial charge in [0.25, 0.3) is 0 Å². The van der Waals surface area contributed by atoms with Gasteiger partial charge in [-0.05, 0) is 18.2 Å². The molecule has 13 heteroatoms. The molecule has 4 heterocycles. The molecule has 0 spiro atoms. The minimum atomic E-state index is -3.75. The first-order valence-electron chi connectivity index (χ1n) is 12.8. The van der Waals surface area contributed by atoms with Crippen LogP contribution in [-0.2, 0) is 22.6 Å². The van der Waals surface area contributed by atoms with Gasteiger partial charge < -0.3 is 39.0 Å². The maximum Gasteiger partial charge on any atom is 0.586 e. The number of halogens is 2. The van der Waals surface area contributed by atoms with Crippen LogP contribution in [0.1, 0.15) is 11.1 Å². The van der Waals surface area contributed by atoms with Crippen LogP contribution in [0.3, 0.4) is 0 Å². The summed E-state index contributed by atoms with van der Waals surface area (Å²) in [5, 5.41) is 3.22. The normalized spacial score (nSPS) is 17.9. The lowest BCUT2D eigenvalue weighted by atomic mass is 10.1. The lowest BCUT2D eigenvalue weighted by molar-refractivity contribution is -0.286. The molecular formula is C27H28F2N6O5. The maximum atomic E-state index is 13.8. The molecule has 3 aliphatic rings. The van der Waals surface area contributed by atoms with Crippen molar-refractivity contribution in [2.75, 3.05) is 62.1 Å². The fourth-order valence-corrected chi connectivity index (χ4v) is 4.95. The van der Waals surface area contributed by atoms with Gasteiger partial charge in [-0.3, -0.25) is 4.79 Å². The van der Waals surface area contributed by atoms with Crippen LogP contribution in [0.5, 0.6) is 17.2 Å². The lowest BCUT2D eigenvalue weighted by Crippen LogP contribution is -2.36. The number of hydrogen-bond donors (Lipinski definition) is 1. The predicted molar refractivity (Wildman–Crippen MR) is 142 cm³/mol. The Balaban J connectivity index is 1.30. The van der Waals surface area contributed by atoms with E-state index in [1.165, 1.54) is 6.07 Å². The quantitative estimate of drug-likeness (QED) is 0.488. The molecule has 0 saturated carbocycles. The number of para-hydroxylation sites is 1. The molecule has 2 aromatic carbocycles. The highest BCUT2D eigenvalue weighted by Gasteiger charge is 2.44. The van der Waals surface area contributed by atoms with Crippen molar-refractivity contribution in [3.05, 3.63) is 53.7 Å². The number of morpholine rings is 1. The number of rotatable bonds is 6. The monoisotopic (exact) mass is 554 g/mol. The van der Waals surface area contributed by atoms with Crippen LogP contribution < -0.4 is 29.3 Å². The number of ether oxygens (including phenoxy) is 4. The van der Waals surface area contributed by atoms with Gasteiger partial charge in [-0.15, -0.1) is 8.78 Å². The highest BCUT2D eigenvalue weighted by molar-refractivity contribution is 5.83. The average Bonchev–Trinajstić information content (AvgIpc) is 3.23. The number of hydrogen-bond acceptors (Lipinski definition) is 10. The van der Waals surface area contributed by atoms with E-state index in [1.807, 2.05) is 18.2 Å². The van der Waals surface area contributed by atoms with Gasteiger partial charge in [0.1, 0.15) is 11.6 Å². The summed E-state index contributed by atoms with van der Waals surface area (Å²) in [6, 6.07) is 10.5. The molecule has 0 aliphatic carbocycles. The third kappa shape index (κ3) is 5.11. The van der Waals surface area contributed by atoms with Crippen LogP contribution in [0.4, 0.5) is 31.9 Å². The highest BCUT2D eigenvalue weighted by Crippen LogP contribution is 2.44. The lowest BCUT2D eigenvalue weighted by Gasteiger charge is -2.29. The molecule has 1 fully saturated rings. The molecule has 3 aliphatic heterocycles. The van der Waals surface area contributed by atoms with E-state index in [2.05, 4.69) is 19.9 Å². The maximum absolute atomic E-state index is 13.8. The van der Waals surface area contributed by atoms with Crippen LogP contribution in [-0.4, -0.2) is 74.1 Å². The molecular weight excluding hydrogens is 526 g/mol. The average molecular weight is 555 g/mol. The van der Waals surface area contributed by atoms with Crippen molar-refractivity contribution in [1.82, 2.24) is 14.9 Å². The van der Waals surface area contributed by atoms with Crippen molar-refractivity contribution in [3.63, 3.8) is 0 Å². The SMILES string of the molecule is COc1cc(N2CCOCC2)ccc1Nc1ncc2c(n1)N(Cc1cccc3c1OC(F)(F)O3)CC(=O)N(C)C2. The molecule has 1 amide bonds. The number of alkyl halides is 2. The summed E-state index contributed by atoms with van der Waals surface area (Å²) in [7, 11) is 3.29. The summed E-state index contributed by atoms with van der Waals surface area (Å²) in [5.41, 5.74) is 2.84. The van der Waals surface area contributed by atoms with E-state index in [-0.39, 0.29) is 30.5 Å². The fourth-order valence-electron chi connectivity index (χ4n) is 4.95. The first-order valence-corrected chi connectivity index (χ1v) is 12.8. The number of nitrogens with one attached hydrogen (secondary N) is 1. The van der Waals surface area contributed by atoms with Gasteiger partial charge in [-0.2, -0.15) is 4.98 Å². The first kappa shape index (κ1) is 25.9. The Bertz CT molecular complexity index is 1430. The number of carbonyl (C=O) groups is 1. The summed E-state index contributed by atoms with van der Waals surface area (Å²) >= 11 is 0. The largest absolute Gasteiger partial charge is 0.586 e. The molecule has 0 radical (unpaired) electrons. The van der Waals surface area contributed by atoms with Crippen molar-refractivity contribution in [1.29, 1.82) is 0 Å². The molecule has 3 aromatic rings. The standard InChI is InChI=1S/C27H28F2N6O5/c1-33-14-18-13-30-26(31-20-7-6-19(12-22(20)37-2)34-8-10-38-11-9-34)32-25(18)35(16-23(33)36)15-17-4-3-5-21-24(17)40-27(28,29)39-21/h3-7,12-13H,8-11,14-16H2,1-2H3,(H,30,31,32). The Labute approximate surface area is 229 Å². The van der Waals surface area contributed by atoms with Crippen molar-refractivity contribution < 1.29 is 32.5 Å². The Kier molecular flexibility index (Phi) is 6.66. The molecule has 6 rings (SSSR count). The summed E-state index contributed by atoms with van der Waals surface area (Å²) in [5.74, 6) is 1.15. The van der Waals surface area contributed by atoms with Crippen molar-refractivity contribution in [2.45, 2.75) is 19.4 Å². The zero-order valence-electron chi connectivity index (χ0n) is 22.0. The molecule has 1 aromatic heterocycles. The Hall–Kier alpha value is -4.39. The molecule has 210 valence electrons. The van der Waals surface area contributed by atoms with Crippen LogP contribution in [0.15, 0.2) is 42.6 Å². The van der Waals surface area contributed by atoms with Crippen LogP contribution >= 0.6 is 0 Å². The molecule has 11 nitrogen and oxygen atoms in total. The van der Waals surface area contributed by atoms with Gasteiger partial charge in [-0.25, -0.2) is 4.98 Å². The van der Waals surface area contributed by atoms with Gasteiger partial charge >= 0.3 is 6.29 Å². The molecule has 0 unspecified atom stereocenters. The molecule has 1 N–H and O–H groups in total. The number of benzene rings is 2. The second-order valence-corrected chi connectivity index (χ2v) is 9.67. The number of aromatic nitrogens is 2. The van der Waals surface area contributed by atoms with Crippen molar-refractivity contribution in [2.24, 2.45) is 0 Å². The highest BCUT2D eigenvalue weighted by atomic mass is 19.3. The first-order chi connectivity index (χ1) is 19.3. The van der Waals surface area contributed by atoms with Crippen LogP contribution in [0.25, 0.3) is 0 Å². The molecule has 0 bridgehead atoms. The zero-order chi connectivity index (χ0) is 27.9. The summed E-state index contributed by atoms with van der Waals surface area (Å²) in [6.07, 6.45) is -2.09. The van der Waals surface area contributed by atoms with Crippen LogP contribution in [0.2, 0.25) is 0 Å². The summed E-state index contributed by atoms with van der Waals surface area (Å²) < 4.78 is 48.1. The minimum absolute atomic E-state index is 0.0154. The second-order valence-electron chi connectivity index (χ2n) is 9.67. The summed E-state index contributed by atoms with van der Waals surface area (Å²) in [4.78, 5) is 27.6. The molecule has 1 saturated heterocycles. The third-order valence-electron chi connectivity index (χ3n) is 6.98. The van der Waals surface area contributed by atoms with Gasteiger partial charge in [0.15, 0.2) is 11.5 Å². The van der Waals surface area contributed by atoms with Gasteiger partial charge in [0, 0.05) is 55.8 Å². The topological polar surface area (TPSA) is 102 Å². The second kappa shape index (κ2) is 10.3. The minimum Gasteiger partial charge on any atom is -0.494 e. The number of nitrogens with zero attached hydrogens (tertiary/aromatic N) is 5. The smallest absolute Gasteiger partial charge is 0.494 e. The molecule has 40 heavy (non-hydrogen) atoms. The van der Waals surface area contributed by atoms with Crippen molar-refractivity contribution >= 4 is 29.0 Å². The van der Waals surface area contributed by atoms with E-state index in [4.69, 9.17) is 19.2 Å². The zero-order valence-corrected chi connectivity index (χ0v) is 22.0. The van der Waals surface area contributed by atoms with Crippen molar-refractivity contribution in [3.8, 4) is 17.2 Å². The molecule has 0 atom stereocenters. The van der Waals surface area contributed by atoms with Gasteiger partial charge in [0.2, 0.25) is 11.9 Å². The third-order valence-corrected chi connectivity index (χ3v) is 6.98. The van der Waals surface area contributed by atoms with E-state index in [1.54, 1.807) is 42.3 Å². The van der Waals surface area contributed by atoms with E-state index < -0.39 is 6.29 Å². The Morgan fingerprint density at radius 3 is 2.75 bits per heavy atom. The number of methoxy groups -OCH3 is 1. The fraction of sp³-hybridized carbons (Fsp3) is 0.370. The summed E-state index contributed by atoms with van der Waals surface area (Å²) in [6.45, 7) is 3.31. The van der Waals surface area contributed by atoms with Crippen LogP contribution in [0, 0.1) is 0 Å². The van der Waals surface area contributed by atoms with Gasteiger partial charge in [0.05, 0.1) is 39.1 Å². The number of anilines is 4. The Morgan fingerprint density at radius 1 is 1.12 bits per heavy atom. The van der Waals surface area contributed by atoms with Gasteiger partial charge in [-0.1, -0.05) is 12.1 Å². The number of fused-ring (bicyclic) bond motifs is 2. The number of carbonyl (C=O) groups excluding carboxylic acids is 1. The van der Waals surface area contributed by atoms with E-state index in [0.717, 1.165) is 18.8 Å². The van der Waals surface area contributed by atoms with E-state index >= 15 is 0 Å². The van der Waals surface area contributed by atoms with E-state index in [9.17, 15) is 13.6 Å². The number of likely N-dealkylation sites (N-methyl/N-ethyl adjacent to an activating group) is 1. The van der Waals surface area contributed by atoms with E-state index in [0.29, 0.717) is 54.1 Å².